The molecule has 6 nitrogen and oxygen atoms in total. The van der Waals surface area contributed by atoms with Crippen molar-refractivity contribution in [2.75, 3.05) is 13.2 Å². The molecule has 1 atom stereocenters. The quantitative estimate of drug-likeness (QED) is 0.0344. The maximum atomic E-state index is 12.8. The molecule has 0 radical (unpaired) electrons. The second-order valence-electron chi connectivity index (χ2n) is 20.2. The summed E-state index contributed by atoms with van der Waals surface area (Å²) < 4.78 is 16.9. The van der Waals surface area contributed by atoms with Gasteiger partial charge in [-0.1, -0.05) is 272 Å². The Hall–Kier alpha value is -1.59. The summed E-state index contributed by atoms with van der Waals surface area (Å²) in [4.78, 5) is 38.0. The number of esters is 3. The molecule has 62 heavy (non-hydrogen) atoms. The molecule has 0 heterocycles. The van der Waals surface area contributed by atoms with Crippen molar-refractivity contribution in [3.05, 3.63) is 0 Å². The fraction of sp³-hybridized carbons (Fsp3) is 0.946. The molecule has 0 rings (SSSR count). The number of unbranched alkanes of at least 4 members (excludes halogenated alkanes) is 35. The lowest BCUT2D eigenvalue weighted by Gasteiger charge is -2.18. The van der Waals surface area contributed by atoms with Crippen LogP contribution in [0.4, 0.5) is 0 Å². The SMILES string of the molecule is CCCCCCCCCCCCCCC(=O)O[C@@H](COC(=O)CCCCCCCCCCCCCCCCC(C)C)COC(=O)CCCCCCCCCCCCCCC(C)C. The first-order valence-corrected chi connectivity index (χ1v) is 27.7. The minimum Gasteiger partial charge on any atom is -0.462 e. The Morgan fingerprint density at radius 3 is 0.790 bits per heavy atom. The molecule has 0 aliphatic carbocycles. The van der Waals surface area contributed by atoms with Crippen molar-refractivity contribution >= 4 is 17.9 Å². The summed E-state index contributed by atoms with van der Waals surface area (Å²) in [5.41, 5.74) is 0. The van der Waals surface area contributed by atoms with E-state index in [2.05, 4.69) is 34.6 Å². The molecular formula is C56H108O6. The van der Waals surface area contributed by atoms with E-state index >= 15 is 0 Å². The molecule has 0 N–H and O–H groups in total. The molecule has 0 aromatic rings. The fourth-order valence-corrected chi connectivity index (χ4v) is 8.52. The van der Waals surface area contributed by atoms with Crippen LogP contribution in [0.3, 0.4) is 0 Å². The van der Waals surface area contributed by atoms with E-state index in [1.807, 2.05) is 0 Å². The van der Waals surface area contributed by atoms with Crippen LogP contribution in [0, 0.1) is 11.8 Å². The highest BCUT2D eigenvalue weighted by Crippen LogP contribution is 2.18. The first kappa shape index (κ1) is 60.4. The third-order valence-electron chi connectivity index (χ3n) is 12.7. The van der Waals surface area contributed by atoms with Crippen LogP contribution in [-0.4, -0.2) is 37.2 Å². The van der Waals surface area contributed by atoms with Gasteiger partial charge in [0, 0.05) is 19.3 Å². The molecule has 368 valence electrons. The lowest BCUT2D eigenvalue weighted by Crippen LogP contribution is -2.30. The van der Waals surface area contributed by atoms with Crippen LogP contribution in [0.5, 0.6) is 0 Å². The number of hydrogen-bond acceptors (Lipinski definition) is 6. The third-order valence-corrected chi connectivity index (χ3v) is 12.7. The molecule has 0 aliphatic heterocycles. The summed E-state index contributed by atoms with van der Waals surface area (Å²) in [5.74, 6) is 0.836. The van der Waals surface area contributed by atoms with E-state index < -0.39 is 6.10 Å². The average Bonchev–Trinajstić information content (AvgIpc) is 3.24. The lowest BCUT2D eigenvalue weighted by molar-refractivity contribution is -0.167. The number of ether oxygens (including phenoxy) is 3. The van der Waals surface area contributed by atoms with Crippen LogP contribution in [0.2, 0.25) is 0 Å². The zero-order valence-corrected chi connectivity index (χ0v) is 42.5. The van der Waals surface area contributed by atoms with Gasteiger partial charge in [-0.15, -0.1) is 0 Å². The summed E-state index contributed by atoms with van der Waals surface area (Å²) >= 11 is 0. The van der Waals surface area contributed by atoms with Gasteiger partial charge in [-0.25, -0.2) is 0 Å². The second-order valence-corrected chi connectivity index (χ2v) is 20.2. The Bertz CT molecular complexity index is 947. The van der Waals surface area contributed by atoms with Gasteiger partial charge in [-0.05, 0) is 31.1 Å². The number of hydrogen-bond donors (Lipinski definition) is 0. The van der Waals surface area contributed by atoms with Gasteiger partial charge in [-0.3, -0.25) is 14.4 Å². The monoisotopic (exact) mass is 877 g/mol. The van der Waals surface area contributed by atoms with Crippen LogP contribution in [0.15, 0.2) is 0 Å². The first-order chi connectivity index (χ1) is 30.2. The molecule has 0 saturated heterocycles. The summed E-state index contributed by atoms with van der Waals surface area (Å²) in [6.45, 7) is 11.4. The zero-order chi connectivity index (χ0) is 45.4. The lowest BCUT2D eigenvalue weighted by atomic mass is 10.0. The van der Waals surface area contributed by atoms with Crippen molar-refractivity contribution in [3.63, 3.8) is 0 Å². The fourth-order valence-electron chi connectivity index (χ4n) is 8.52. The Labute approximate surface area is 387 Å². The normalized spacial score (nSPS) is 12.0. The maximum Gasteiger partial charge on any atom is 0.306 e. The molecule has 0 aromatic heterocycles. The van der Waals surface area contributed by atoms with Crippen molar-refractivity contribution in [3.8, 4) is 0 Å². The van der Waals surface area contributed by atoms with Crippen LogP contribution < -0.4 is 0 Å². The van der Waals surface area contributed by atoms with Crippen LogP contribution in [0.1, 0.15) is 311 Å². The molecule has 0 amide bonds. The van der Waals surface area contributed by atoms with E-state index in [0.717, 1.165) is 69.6 Å². The van der Waals surface area contributed by atoms with E-state index in [4.69, 9.17) is 14.2 Å². The Morgan fingerprint density at radius 1 is 0.306 bits per heavy atom. The van der Waals surface area contributed by atoms with Crippen molar-refractivity contribution in [1.82, 2.24) is 0 Å². The predicted molar refractivity (Wildman–Crippen MR) is 266 cm³/mol. The van der Waals surface area contributed by atoms with E-state index in [9.17, 15) is 14.4 Å². The maximum absolute atomic E-state index is 12.8. The summed E-state index contributed by atoms with van der Waals surface area (Å²) in [6.07, 6.45) is 50.9. The van der Waals surface area contributed by atoms with E-state index in [1.165, 1.54) is 199 Å². The van der Waals surface area contributed by atoms with Gasteiger partial charge < -0.3 is 14.2 Å². The van der Waals surface area contributed by atoms with Gasteiger partial charge in [0.05, 0.1) is 0 Å². The molecule has 0 saturated carbocycles. The highest BCUT2D eigenvalue weighted by molar-refractivity contribution is 5.71. The van der Waals surface area contributed by atoms with Crippen molar-refractivity contribution in [2.45, 2.75) is 317 Å². The Kier molecular flexibility index (Phi) is 47.6. The molecule has 0 aromatic carbocycles. The predicted octanol–water partition coefficient (Wildman–Crippen LogP) is 18.1. The number of carbonyl (C=O) groups is 3. The minimum absolute atomic E-state index is 0.0629. The standard InChI is InChI=1S/C56H108O6/c1-6-7-8-9-10-11-12-21-28-33-38-43-48-56(59)62-53(50-61-55(58)47-42-37-32-27-23-18-17-20-25-30-35-40-45-52(4)5)49-60-54(57)46-41-36-31-26-22-16-14-13-15-19-24-29-34-39-44-51(2)3/h51-53H,6-50H2,1-5H3/t53-/m0/s1. The van der Waals surface area contributed by atoms with Crippen molar-refractivity contribution in [1.29, 1.82) is 0 Å². The van der Waals surface area contributed by atoms with E-state index in [0.29, 0.717) is 19.3 Å². The minimum atomic E-state index is -0.762. The molecule has 0 fully saturated rings. The average molecular weight is 877 g/mol. The smallest absolute Gasteiger partial charge is 0.306 e. The molecule has 0 spiro atoms. The highest BCUT2D eigenvalue weighted by Gasteiger charge is 2.19. The Morgan fingerprint density at radius 2 is 0.532 bits per heavy atom. The number of rotatable bonds is 50. The first-order valence-electron chi connectivity index (χ1n) is 27.7. The summed E-state index contributed by atoms with van der Waals surface area (Å²) in [7, 11) is 0. The second kappa shape index (κ2) is 48.9. The van der Waals surface area contributed by atoms with Crippen LogP contribution in [-0.2, 0) is 28.6 Å². The third kappa shape index (κ3) is 49.4. The van der Waals surface area contributed by atoms with Crippen LogP contribution in [0.25, 0.3) is 0 Å². The van der Waals surface area contributed by atoms with E-state index in [-0.39, 0.29) is 31.1 Å². The molecule has 6 heteroatoms. The summed E-state index contributed by atoms with van der Waals surface area (Å²) in [5, 5.41) is 0. The molecular weight excluding hydrogens is 769 g/mol. The van der Waals surface area contributed by atoms with Gasteiger partial charge in [0.15, 0.2) is 6.10 Å². The van der Waals surface area contributed by atoms with E-state index in [1.54, 1.807) is 0 Å². The largest absolute Gasteiger partial charge is 0.462 e. The summed E-state index contributed by atoms with van der Waals surface area (Å²) in [6, 6.07) is 0. The van der Waals surface area contributed by atoms with Crippen LogP contribution >= 0.6 is 0 Å². The Balaban J connectivity index is 4.28. The van der Waals surface area contributed by atoms with Gasteiger partial charge in [0.2, 0.25) is 0 Å². The van der Waals surface area contributed by atoms with Crippen molar-refractivity contribution < 1.29 is 28.6 Å². The topological polar surface area (TPSA) is 78.9 Å². The van der Waals surface area contributed by atoms with Gasteiger partial charge >= 0.3 is 17.9 Å². The number of carbonyl (C=O) groups excluding carboxylic acids is 3. The van der Waals surface area contributed by atoms with Gasteiger partial charge in [0.25, 0.3) is 0 Å². The van der Waals surface area contributed by atoms with Gasteiger partial charge in [0.1, 0.15) is 13.2 Å². The highest BCUT2D eigenvalue weighted by atomic mass is 16.6. The molecule has 0 unspecified atom stereocenters. The van der Waals surface area contributed by atoms with Crippen molar-refractivity contribution in [2.24, 2.45) is 11.8 Å². The molecule has 0 bridgehead atoms. The van der Waals surface area contributed by atoms with Gasteiger partial charge in [-0.2, -0.15) is 0 Å². The molecule has 0 aliphatic rings. The zero-order valence-electron chi connectivity index (χ0n) is 42.5.